The molecule has 6 heteroatoms. The smallest absolute Gasteiger partial charge is 0.226 e. The minimum Gasteiger partial charge on any atom is -0.326 e. The molecule has 0 saturated carbocycles. The zero-order valence-corrected chi connectivity index (χ0v) is 18.0. The number of para-hydroxylation sites is 3. The molecule has 0 fully saturated rings. The van der Waals surface area contributed by atoms with Gasteiger partial charge in [0.05, 0.1) is 16.6 Å². The molecule has 0 aliphatic rings. The van der Waals surface area contributed by atoms with Gasteiger partial charge in [-0.3, -0.25) is 4.79 Å². The maximum Gasteiger partial charge on any atom is 0.226 e. The van der Waals surface area contributed by atoms with Crippen molar-refractivity contribution in [2.75, 3.05) is 5.32 Å². The highest BCUT2D eigenvalue weighted by molar-refractivity contribution is 9.10. The first-order chi connectivity index (χ1) is 14.6. The molecule has 5 aromatic rings. The Hall–Kier alpha value is -3.25. The number of anilines is 1. The van der Waals surface area contributed by atoms with E-state index in [0.29, 0.717) is 13.0 Å². The number of rotatable bonds is 4. The van der Waals surface area contributed by atoms with Gasteiger partial charge >= 0.3 is 0 Å². The fraction of sp³-hybridized carbons (Fsp3) is 0.125. The number of nitrogens with one attached hydrogen (secondary N) is 1. The van der Waals surface area contributed by atoms with Crippen LogP contribution < -0.4 is 5.32 Å². The fourth-order valence-electron chi connectivity index (χ4n) is 3.77. The molecule has 3 aromatic carbocycles. The van der Waals surface area contributed by atoms with Crippen LogP contribution in [0.3, 0.4) is 0 Å². The highest BCUT2D eigenvalue weighted by Gasteiger charge is 2.15. The van der Waals surface area contributed by atoms with Crippen LogP contribution in [0.4, 0.5) is 5.69 Å². The Bertz CT molecular complexity index is 1420. The fourth-order valence-corrected chi connectivity index (χ4v) is 4.02. The van der Waals surface area contributed by atoms with Gasteiger partial charge in [-0.2, -0.15) is 0 Å². The van der Waals surface area contributed by atoms with Crippen molar-refractivity contribution in [1.29, 1.82) is 0 Å². The molecule has 30 heavy (non-hydrogen) atoms. The Morgan fingerprint density at radius 2 is 1.73 bits per heavy atom. The summed E-state index contributed by atoms with van der Waals surface area (Å²) in [6.45, 7) is 2.53. The Morgan fingerprint density at radius 1 is 1.00 bits per heavy atom. The van der Waals surface area contributed by atoms with Crippen molar-refractivity contribution < 1.29 is 4.79 Å². The number of hydrogen-bond donors (Lipinski definition) is 1. The maximum atomic E-state index is 12.6. The molecule has 0 spiro atoms. The minimum absolute atomic E-state index is 0.0311. The van der Waals surface area contributed by atoms with E-state index in [0.717, 1.165) is 48.8 Å². The van der Waals surface area contributed by atoms with Gasteiger partial charge < -0.3 is 9.88 Å². The lowest BCUT2D eigenvalue weighted by molar-refractivity contribution is -0.116. The van der Waals surface area contributed by atoms with Gasteiger partial charge in [0.15, 0.2) is 5.65 Å². The van der Waals surface area contributed by atoms with E-state index < -0.39 is 0 Å². The molecule has 0 saturated heterocycles. The van der Waals surface area contributed by atoms with Crippen molar-refractivity contribution >= 4 is 60.6 Å². The first kappa shape index (κ1) is 18.8. The summed E-state index contributed by atoms with van der Waals surface area (Å²) in [5.74, 6) is -0.0311. The summed E-state index contributed by atoms with van der Waals surface area (Å²) in [6, 6.07) is 21.8. The SMILES string of the molecule is Cc1cc(NC(=O)CCn2c3ccccc3c3nc4ccccc4nc32)ccc1Br. The monoisotopic (exact) mass is 458 g/mol. The van der Waals surface area contributed by atoms with E-state index in [4.69, 9.17) is 9.97 Å². The molecule has 0 unspecified atom stereocenters. The van der Waals surface area contributed by atoms with E-state index in [-0.39, 0.29) is 5.91 Å². The summed E-state index contributed by atoms with van der Waals surface area (Å²) in [7, 11) is 0. The standard InChI is InChI=1S/C24H19BrN4O/c1-15-14-16(10-11-18(15)25)26-22(30)12-13-29-21-9-5-2-6-17(21)23-24(29)28-20-8-4-3-7-19(20)27-23/h2-11,14H,12-13H2,1H3,(H,26,30). The van der Waals surface area contributed by atoms with E-state index in [1.807, 2.05) is 61.5 Å². The predicted molar refractivity (Wildman–Crippen MR) is 125 cm³/mol. The Kier molecular flexibility index (Phi) is 4.71. The summed E-state index contributed by atoms with van der Waals surface area (Å²) < 4.78 is 3.12. The van der Waals surface area contributed by atoms with Gasteiger partial charge in [0.25, 0.3) is 0 Å². The lowest BCUT2D eigenvalue weighted by atomic mass is 10.2. The van der Waals surface area contributed by atoms with E-state index in [1.165, 1.54) is 0 Å². The Morgan fingerprint density at radius 3 is 2.53 bits per heavy atom. The second-order valence-electron chi connectivity index (χ2n) is 7.32. The van der Waals surface area contributed by atoms with Crippen LogP contribution in [-0.2, 0) is 11.3 Å². The molecule has 5 rings (SSSR count). The van der Waals surface area contributed by atoms with Crippen LogP contribution in [0.5, 0.6) is 0 Å². The molecule has 0 atom stereocenters. The third-order valence-corrected chi connectivity index (χ3v) is 6.15. The quantitative estimate of drug-likeness (QED) is 0.368. The van der Waals surface area contributed by atoms with Crippen molar-refractivity contribution in [3.8, 4) is 0 Å². The number of aryl methyl sites for hydroxylation is 2. The van der Waals surface area contributed by atoms with Crippen molar-refractivity contribution in [2.45, 2.75) is 19.9 Å². The third kappa shape index (κ3) is 3.33. The van der Waals surface area contributed by atoms with Crippen LogP contribution in [0, 0.1) is 6.92 Å². The Balaban J connectivity index is 1.49. The maximum absolute atomic E-state index is 12.6. The topological polar surface area (TPSA) is 59.8 Å². The van der Waals surface area contributed by atoms with E-state index in [2.05, 4.69) is 37.9 Å². The molecule has 0 radical (unpaired) electrons. The summed E-state index contributed by atoms with van der Waals surface area (Å²) in [6.07, 6.45) is 0.345. The van der Waals surface area contributed by atoms with Crippen LogP contribution in [0.2, 0.25) is 0 Å². The van der Waals surface area contributed by atoms with Crippen molar-refractivity contribution in [2.24, 2.45) is 0 Å². The van der Waals surface area contributed by atoms with Crippen molar-refractivity contribution in [3.05, 3.63) is 76.8 Å². The number of halogens is 1. The zero-order chi connectivity index (χ0) is 20.7. The number of carbonyl (C=O) groups is 1. The third-order valence-electron chi connectivity index (χ3n) is 5.26. The van der Waals surface area contributed by atoms with Gasteiger partial charge in [-0.15, -0.1) is 0 Å². The average molecular weight is 459 g/mol. The number of fused-ring (bicyclic) bond motifs is 4. The highest BCUT2D eigenvalue weighted by atomic mass is 79.9. The number of benzene rings is 3. The Labute approximate surface area is 181 Å². The molecule has 2 heterocycles. The number of carbonyl (C=O) groups excluding carboxylic acids is 1. The van der Waals surface area contributed by atoms with Crippen LogP contribution in [-0.4, -0.2) is 20.4 Å². The highest BCUT2D eigenvalue weighted by Crippen LogP contribution is 2.28. The molecular formula is C24H19BrN4O. The minimum atomic E-state index is -0.0311. The van der Waals surface area contributed by atoms with Crippen LogP contribution >= 0.6 is 15.9 Å². The molecule has 0 aliphatic heterocycles. The molecule has 148 valence electrons. The second-order valence-corrected chi connectivity index (χ2v) is 8.17. The first-order valence-electron chi connectivity index (χ1n) is 9.80. The zero-order valence-electron chi connectivity index (χ0n) is 16.4. The normalized spacial score (nSPS) is 11.4. The summed E-state index contributed by atoms with van der Waals surface area (Å²) >= 11 is 3.49. The molecule has 5 nitrogen and oxygen atoms in total. The van der Waals surface area contributed by atoms with Crippen molar-refractivity contribution in [3.63, 3.8) is 0 Å². The van der Waals surface area contributed by atoms with Gasteiger partial charge in [0, 0.05) is 28.5 Å². The number of amides is 1. The van der Waals surface area contributed by atoms with E-state index in [9.17, 15) is 4.79 Å². The van der Waals surface area contributed by atoms with Gasteiger partial charge in [0.2, 0.25) is 5.91 Å². The summed E-state index contributed by atoms with van der Waals surface area (Å²) in [5, 5.41) is 4.04. The van der Waals surface area contributed by atoms with E-state index in [1.54, 1.807) is 0 Å². The second kappa shape index (κ2) is 7.54. The van der Waals surface area contributed by atoms with Crippen LogP contribution in [0.1, 0.15) is 12.0 Å². The number of hydrogen-bond acceptors (Lipinski definition) is 3. The number of aromatic nitrogens is 3. The van der Waals surface area contributed by atoms with E-state index >= 15 is 0 Å². The predicted octanol–water partition coefficient (Wildman–Crippen LogP) is 5.84. The lowest BCUT2D eigenvalue weighted by Crippen LogP contribution is -2.14. The average Bonchev–Trinajstić information content (AvgIpc) is 3.06. The first-order valence-corrected chi connectivity index (χ1v) is 10.6. The van der Waals surface area contributed by atoms with Crippen molar-refractivity contribution in [1.82, 2.24) is 14.5 Å². The van der Waals surface area contributed by atoms with Gasteiger partial charge in [-0.1, -0.05) is 46.3 Å². The molecular weight excluding hydrogens is 440 g/mol. The molecule has 1 N–H and O–H groups in total. The molecule has 0 aliphatic carbocycles. The van der Waals surface area contributed by atoms with Gasteiger partial charge in [-0.05, 0) is 48.9 Å². The summed E-state index contributed by atoms with van der Waals surface area (Å²) in [4.78, 5) is 22.3. The van der Waals surface area contributed by atoms with Crippen LogP contribution in [0.15, 0.2) is 71.2 Å². The van der Waals surface area contributed by atoms with Gasteiger partial charge in [0.1, 0.15) is 5.52 Å². The molecule has 0 bridgehead atoms. The summed E-state index contributed by atoms with van der Waals surface area (Å²) in [5.41, 5.74) is 6.32. The van der Waals surface area contributed by atoms with Gasteiger partial charge in [-0.25, -0.2) is 9.97 Å². The molecule has 2 aromatic heterocycles. The molecule has 1 amide bonds. The lowest BCUT2D eigenvalue weighted by Gasteiger charge is -2.09. The largest absolute Gasteiger partial charge is 0.326 e. The number of nitrogens with zero attached hydrogens (tertiary/aromatic N) is 3. The van der Waals surface area contributed by atoms with Crippen LogP contribution in [0.25, 0.3) is 33.1 Å².